The molecule has 1 amide bonds. The van der Waals surface area contributed by atoms with Crippen LogP contribution in [0.25, 0.3) is 0 Å². The van der Waals surface area contributed by atoms with E-state index in [9.17, 15) is 9.90 Å². The predicted molar refractivity (Wildman–Crippen MR) is 74.0 cm³/mol. The Hall–Kier alpha value is -0.870. The van der Waals surface area contributed by atoms with Gasteiger partial charge in [-0.1, -0.05) is 19.3 Å². The third kappa shape index (κ3) is 2.93. The highest BCUT2D eigenvalue weighted by Crippen LogP contribution is 2.35. The van der Waals surface area contributed by atoms with Crippen molar-refractivity contribution >= 4 is 17.2 Å². The van der Waals surface area contributed by atoms with Crippen molar-refractivity contribution in [1.82, 2.24) is 5.32 Å². The van der Waals surface area contributed by atoms with Crippen molar-refractivity contribution in [3.05, 3.63) is 21.9 Å². The number of carbonyl (C=O) groups is 1. The Bertz CT molecular complexity index is 408. The van der Waals surface area contributed by atoms with E-state index < -0.39 is 0 Å². The zero-order valence-corrected chi connectivity index (χ0v) is 11.7. The van der Waals surface area contributed by atoms with Gasteiger partial charge in [0.1, 0.15) is 0 Å². The lowest BCUT2D eigenvalue weighted by Crippen LogP contribution is -2.41. The lowest BCUT2D eigenvalue weighted by molar-refractivity contribution is 0.0718. The molecule has 0 radical (unpaired) electrons. The molecule has 4 heteroatoms. The Morgan fingerprint density at radius 2 is 2.11 bits per heavy atom. The molecular weight excluding hydrogens is 246 g/mol. The minimum atomic E-state index is -0.0855. The molecular formula is C14H21NO2S. The van der Waals surface area contributed by atoms with Crippen LogP contribution in [0.1, 0.15) is 48.0 Å². The Kier molecular flexibility index (Phi) is 4.40. The maximum Gasteiger partial charge on any atom is 0.252 e. The van der Waals surface area contributed by atoms with Crippen molar-refractivity contribution in [3.63, 3.8) is 0 Å². The third-order valence-corrected chi connectivity index (χ3v) is 4.84. The van der Waals surface area contributed by atoms with E-state index in [1.165, 1.54) is 6.42 Å². The number of aliphatic hydroxyl groups is 1. The summed E-state index contributed by atoms with van der Waals surface area (Å²) in [6, 6.07) is 0. The lowest BCUT2D eigenvalue weighted by atomic mass is 9.74. The van der Waals surface area contributed by atoms with E-state index >= 15 is 0 Å². The van der Waals surface area contributed by atoms with Gasteiger partial charge in [-0.25, -0.2) is 0 Å². The minimum absolute atomic E-state index is 0.00727. The average Bonchev–Trinajstić information content (AvgIpc) is 2.83. The molecule has 0 saturated heterocycles. The van der Waals surface area contributed by atoms with E-state index in [0.717, 1.165) is 36.8 Å². The van der Waals surface area contributed by atoms with Crippen LogP contribution < -0.4 is 5.32 Å². The van der Waals surface area contributed by atoms with Gasteiger partial charge in [-0.3, -0.25) is 4.79 Å². The van der Waals surface area contributed by atoms with Gasteiger partial charge in [0.05, 0.1) is 12.2 Å². The fraction of sp³-hybridized carbons (Fsp3) is 0.643. The maximum atomic E-state index is 12.0. The van der Waals surface area contributed by atoms with Gasteiger partial charge in [0.15, 0.2) is 0 Å². The second kappa shape index (κ2) is 5.85. The average molecular weight is 267 g/mol. The molecule has 1 fully saturated rings. The van der Waals surface area contributed by atoms with Crippen molar-refractivity contribution in [1.29, 1.82) is 0 Å². The predicted octanol–water partition coefficient (Wildman–Crippen LogP) is 2.73. The molecule has 0 unspecified atom stereocenters. The van der Waals surface area contributed by atoms with E-state index in [-0.39, 0.29) is 17.9 Å². The van der Waals surface area contributed by atoms with Gasteiger partial charge in [-0.15, -0.1) is 0 Å². The minimum Gasteiger partial charge on any atom is -0.396 e. The highest BCUT2D eigenvalue weighted by Gasteiger charge is 2.31. The fourth-order valence-corrected chi connectivity index (χ4v) is 3.48. The number of carbonyl (C=O) groups excluding carboxylic acids is 1. The Morgan fingerprint density at radius 3 is 2.67 bits per heavy atom. The summed E-state index contributed by atoms with van der Waals surface area (Å²) >= 11 is 1.55. The largest absolute Gasteiger partial charge is 0.396 e. The number of aliphatic hydroxyl groups excluding tert-OH is 1. The third-order valence-electron chi connectivity index (χ3n) is 3.97. The van der Waals surface area contributed by atoms with Crippen molar-refractivity contribution in [2.24, 2.45) is 5.41 Å². The standard InChI is InChI=1S/C14H21NO2S/c1-11-7-18-8-12(11)13(17)15-9-14(10-16)5-3-2-4-6-14/h7-8,16H,2-6,9-10H2,1H3,(H,15,17). The molecule has 1 heterocycles. The van der Waals surface area contributed by atoms with E-state index in [2.05, 4.69) is 5.32 Å². The zero-order valence-electron chi connectivity index (χ0n) is 10.9. The topological polar surface area (TPSA) is 49.3 Å². The first-order valence-corrected chi connectivity index (χ1v) is 7.53. The van der Waals surface area contributed by atoms with Gasteiger partial charge >= 0.3 is 0 Å². The van der Waals surface area contributed by atoms with Crippen LogP contribution in [0.4, 0.5) is 0 Å². The monoisotopic (exact) mass is 267 g/mol. The van der Waals surface area contributed by atoms with E-state index in [1.807, 2.05) is 17.7 Å². The van der Waals surface area contributed by atoms with Gasteiger partial charge in [0.2, 0.25) is 0 Å². The summed E-state index contributed by atoms with van der Waals surface area (Å²) in [6.07, 6.45) is 5.61. The molecule has 100 valence electrons. The van der Waals surface area contributed by atoms with Crippen molar-refractivity contribution < 1.29 is 9.90 Å². The summed E-state index contributed by atoms with van der Waals surface area (Å²) in [5, 5.41) is 16.5. The number of thiophene rings is 1. The number of amides is 1. The number of aryl methyl sites for hydroxylation is 1. The Morgan fingerprint density at radius 1 is 1.39 bits per heavy atom. The van der Waals surface area contributed by atoms with Crippen molar-refractivity contribution in [2.75, 3.05) is 13.2 Å². The Labute approximate surface area is 112 Å². The Balaban J connectivity index is 1.94. The van der Waals surface area contributed by atoms with Crippen LogP contribution >= 0.6 is 11.3 Å². The number of hydrogen-bond donors (Lipinski definition) is 2. The van der Waals surface area contributed by atoms with Gasteiger partial charge in [0, 0.05) is 17.3 Å². The first-order valence-electron chi connectivity index (χ1n) is 6.59. The van der Waals surface area contributed by atoms with Crippen LogP contribution in [-0.2, 0) is 0 Å². The lowest BCUT2D eigenvalue weighted by Gasteiger charge is -2.35. The SMILES string of the molecule is Cc1cscc1C(=O)NCC1(CO)CCCCC1. The number of hydrogen-bond acceptors (Lipinski definition) is 3. The molecule has 1 aliphatic rings. The summed E-state index contributed by atoms with van der Waals surface area (Å²) < 4.78 is 0. The first-order chi connectivity index (χ1) is 8.67. The van der Waals surface area contributed by atoms with E-state index in [1.54, 1.807) is 11.3 Å². The molecule has 0 spiro atoms. The molecule has 0 bridgehead atoms. The highest BCUT2D eigenvalue weighted by molar-refractivity contribution is 7.08. The van der Waals surface area contributed by atoms with Gasteiger partial charge in [-0.05, 0) is 30.7 Å². The van der Waals surface area contributed by atoms with Crippen LogP contribution in [0.5, 0.6) is 0 Å². The first kappa shape index (κ1) is 13.6. The van der Waals surface area contributed by atoms with Crippen LogP contribution in [0.15, 0.2) is 10.8 Å². The molecule has 0 aromatic carbocycles. The van der Waals surface area contributed by atoms with Crippen molar-refractivity contribution in [2.45, 2.75) is 39.0 Å². The number of nitrogens with one attached hydrogen (secondary N) is 1. The van der Waals surface area contributed by atoms with Crippen LogP contribution in [-0.4, -0.2) is 24.2 Å². The summed E-state index contributed by atoms with van der Waals surface area (Å²) in [6.45, 7) is 2.72. The van der Waals surface area contributed by atoms with E-state index in [0.29, 0.717) is 6.54 Å². The molecule has 0 atom stereocenters. The molecule has 1 aromatic rings. The van der Waals surface area contributed by atoms with Crippen molar-refractivity contribution in [3.8, 4) is 0 Å². The second-order valence-electron chi connectivity index (χ2n) is 5.37. The molecule has 1 aliphatic carbocycles. The molecule has 2 rings (SSSR count). The molecule has 2 N–H and O–H groups in total. The van der Waals surface area contributed by atoms with Gasteiger partial charge < -0.3 is 10.4 Å². The zero-order chi connectivity index (χ0) is 13.0. The van der Waals surface area contributed by atoms with E-state index in [4.69, 9.17) is 0 Å². The van der Waals surface area contributed by atoms with Crippen LogP contribution in [0, 0.1) is 12.3 Å². The fourth-order valence-electron chi connectivity index (χ4n) is 2.65. The summed E-state index contributed by atoms with van der Waals surface area (Å²) in [4.78, 5) is 12.0. The quantitative estimate of drug-likeness (QED) is 0.881. The second-order valence-corrected chi connectivity index (χ2v) is 6.11. The van der Waals surface area contributed by atoms with Gasteiger partial charge in [-0.2, -0.15) is 11.3 Å². The van der Waals surface area contributed by atoms with Crippen LogP contribution in [0.3, 0.4) is 0 Å². The number of rotatable bonds is 4. The summed E-state index contributed by atoms with van der Waals surface area (Å²) in [5.41, 5.74) is 1.71. The normalized spacial score (nSPS) is 18.6. The summed E-state index contributed by atoms with van der Waals surface area (Å²) in [7, 11) is 0. The highest BCUT2D eigenvalue weighted by atomic mass is 32.1. The van der Waals surface area contributed by atoms with Gasteiger partial charge in [0.25, 0.3) is 5.91 Å². The molecule has 3 nitrogen and oxygen atoms in total. The smallest absolute Gasteiger partial charge is 0.252 e. The van der Waals surface area contributed by atoms with Crippen LogP contribution in [0.2, 0.25) is 0 Å². The molecule has 1 aromatic heterocycles. The molecule has 1 saturated carbocycles. The maximum absolute atomic E-state index is 12.0. The molecule has 0 aliphatic heterocycles. The molecule has 18 heavy (non-hydrogen) atoms. The summed E-state index contributed by atoms with van der Waals surface area (Å²) in [5.74, 6) is -0.00727.